The molecular formula is C11H20FN. The molecule has 0 aromatic carbocycles. The fourth-order valence-corrected chi connectivity index (χ4v) is 2.54. The van der Waals surface area contributed by atoms with Crippen LogP contribution in [0.1, 0.15) is 46.0 Å². The minimum absolute atomic E-state index is 0.157. The summed E-state index contributed by atoms with van der Waals surface area (Å²) in [6, 6.07) is 0.721. The first kappa shape index (κ1) is 9.45. The summed E-state index contributed by atoms with van der Waals surface area (Å²) < 4.78 is 13.3. The SMILES string of the molecule is CC1(C)CCC1N[C@H]1CCC[C@H]1F. The van der Waals surface area contributed by atoms with Crippen LogP contribution in [0.3, 0.4) is 0 Å². The summed E-state index contributed by atoms with van der Waals surface area (Å²) in [4.78, 5) is 0. The third kappa shape index (κ3) is 1.74. The Balaban J connectivity index is 1.84. The monoisotopic (exact) mass is 185 g/mol. The van der Waals surface area contributed by atoms with Crippen LogP contribution in [0.2, 0.25) is 0 Å². The number of hydrogen-bond acceptors (Lipinski definition) is 1. The molecule has 2 aliphatic rings. The van der Waals surface area contributed by atoms with Gasteiger partial charge in [0.15, 0.2) is 0 Å². The van der Waals surface area contributed by atoms with Crippen molar-refractivity contribution >= 4 is 0 Å². The van der Waals surface area contributed by atoms with E-state index in [0.29, 0.717) is 11.5 Å². The zero-order valence-electron chi connectivity index (χ0n) is 8.65. The number of nitrogens with one attached hydrogen (secondary N) is 1. The van der Waals surface area contributed by atoms with E-state index in [-0.39, 0.29) is 6.04 Å². The van der Waals surface area contributed by atoms with Gasteiger partial charge >= 0.3 is 0 Å². The molecule has 0 aliphatic heterocycles. The molecule has 0 radical (unpaired) electrons. The lowest BCUT2D eigenvalue weighted by atomic mass is 9.67. The lowest BCUT2D eigenvalue weighted by molar-refractivity contribution is 0.0871. The lowest BCUT2D eigenvalue weighted by Crippen LogP contribution is -2.54. The molecule has 2 fully saturated rings. The average molecular weight is 185 g/mol. The summed E-state index contributed by atoms with van der Waals surface area (Å²) in [7, 11) is 0. The molecule has 2 heteroatoms. The van der Waals surface area contributed by atoms with Gasteiger partial charge in [0.1, 0.15) is 6.17 Å². The van der Waals surface area contributed by atoms with E-state index in [4.69, 9.17) is 0 Å². The van der Waals surface area contributed by atoms with Crippen molar-refractivity contribution in [1.29, 1.82) is 0 Å². The van der Waals surface area contributed by atoms with Crippen LogP contribution in [0.15, 0.2) is 0 Å². The van der Waals surface area contributed by atoms with Gasteiger partial charge < -0.3 is 5.32 Å². The Labute approximate surface area is 80.1 Å². The highest BCUT2D eigenvalue weighted by atomic mass is 19.1. The molecule has 1 N–H and O–H groups in total. The number of alkyl halides is 1. The summed E-state index contributed by atoms with van der Waals surface area (Å²) in [5.74, 6) is 0. The number of hydrogen-bond donors (Lipinski definition) is 1. The Hall–Kier alpha value is -0.110. The second-order valence-electron chi connectivity index (χ2n) is 5.30. The van der Waals surface area contributed by atoms with Crippen molar-refractivity contribution in [3.05, 3.63) is 0 Å². The molecule has 0 spiro atoms. The van der Waals surface area contributed by atoms with E-state index in [0.717, 1.165) is 19.3 Å². The zero-order valence-corrected chi connectivity index (χ0v) is 8.65. The summed E-state index contributed by atoms with van der Waals surface area (Å²) in [5, 5.41) is 3.48. The third-order valence-electron chi connectivity index (χ3n) is 3.87. The first-order valence-corrected chi connectivity index (χ1v) is 5.50. The van der Waals surface area contributed by atoms with E-state index in [1.807, 2.05) is 0 Å². The molecule has 2 saturated carbocycles. The van der Waals surface area contributed by atoms with Gasteiger partial charge in [-0.25, -0.2) is 4.39 Å². The van der Waals surface area contributed by atoms with Crippen molar-refractivity contribution in [2.24, 2.45) is 5.41 Å². The van der Waals surface area contributed by atoms with Crippen LogP contribution in [0.5, 0.6) is 0 Å². The lowest BCUT2D eigenvalue weighted by Gasteiger charge is -2.46. The molecule has 76 valence electrons. The first-order valence-electron chi connectivity index (χ1n) is 5.50. The summed E-state index contributed by atoms with van der Waals surface area (Å²) in [5.41, 5.74) is 0.405. The van der Waals surface area contributed by atoms with Gasteiger partial charge in [-0.1, -0.05) is 13.8 Å². The average Bonchev–Trinajstić information content (AvgIpc) is 2.45. The second-order valence-corrected chi connectivity index (χ2v) is 5.30. The van der Waals surface area contributed by atoms with Gasteiger partial charge in [0.05, 0.1) is 0 Å². The molecule has 1 nitrogen and oxygen atoms in total. The van der Waals surface area contributed by atoms with Gasteiger partial charge in [-0.2, -0.15) is 0 Å². The summed E-state index contributed by atoms with van der Waals surface area (Å²) in [6.45, 7) is 4.55. The number of halogens is 1. The van der Waals surface area contributed by atoms with Crippen molar-refractivity contribution < 1.29 is 4.39 Å². The van der Waals surface area contributed by atoms with Crippen LogP contribution >= 0.6 is 0 Å². The third-order valence-corrected chi connectivity index (χ3v) is 3.87. The molecule has 0 aromatic rings. The molecule has 0 amide bonds. The van der Waals surface area contributed by atoms with Crippen molar-refractivity contribution in [1.82, 2.24) is 5.32 Å². The molecule has 2 rings (SSSR count). The molecule has 0 saturated heterocycles. The van der Waals surface area contributed by atoms with Crippen molar-refractivity contribution in [3.63, 3.8) is 0 Å². The maximum absolute atomic E-state index is 13.3. The summed E-state index contributed by atoms with van der Waals surface area (Å²) >= 11 is 0. The van der Waals surface area contributed by atoms with E-state index in [9.17, 15) is 4.39 Å². The van der Waals surface area contributed by atoms with Gasteiger partial charge in [-0.3, -0.25) is 0 Å². The predicted molar refractivity (Wildman–Crippen MR) is 52.5 cm³/mol. The Bertz CT molecular complexity index is 191. The smallest absolute Gasteiger partial charge is 0.115 e. The van der Waals surface area contributed by atoms with Gasteiger partial charge in [-0.15, -0.1) is 0 Å². The Morgan fingerprint density at radius 1 is 1.23 bits per heavy atom. The van der Waals surface area contributed by atoms with Crippen LogP contribution in [0, 0.1) is 5.41 Å². The molecule has 3 atom stereocenters. The molecule has 0 bridgehead atoms. The maximum atomic E-state index is 13.3. The zero-order chi connectivity index (χ0) is 9.47. The van der Waals surface area contributed by atoms with Crippen LogP contribution in [-0.2, 0) is 0 Å². The van der Waals surface area contributed by atoms with Crippen molar-refractivity contribution in [2.45, 2.75) is 64.2 Å². The predicted octanol–water partition coefficient (Wildman–Crippen LogP) is 2.66. The van der Waals surface area contributed by atoms with E-state index in [2.05, 4.69) is 19.2 Å². The molecule has 0 heterocycles. The van der Waals surface area contributed by atoms with Gasteiger partial charge in [0.2, 0.25) is 0 Å². The highest BCUT2D eigenvalue weighted by Gasteiger charge is 2.41. The quantitative estimate of drug-likeness (QED) is 0.697. The molecule has 0 aromatic heterocycles. The largest absolute Gasteiger partial charge is 0.308 e. The fraction of sp³-hybridized carbons (Fsp3) is 1.00. The van der Waals surface area contributed by atoms with Crippen LogP contribution in [-0.4, -0.2) is 18.3 Å². The van der Waals surface area contributed by atoms with Crippen LogP contribution < -0.4 is 5.32 Å². The maximum Gasteiger partial charge on any atom is 0.115 e. The number of rotatable bonds is 2. The van der Waals surface area contributed by atoms with Gasteiger partial charge in [0.25, 0.3) is 0 Å². The minimum Gasteiger partial charge on any atom is -0.308 e. The summed E-state index contributed by atoms with van der Waals surface area (Å²) in [6.07, 6.45) is 4.80. The molecule has 1 unspecified atom stereocenters. The highest BCUT2D eigenvalue weighted by Crippen LogP contribution is 2.41. The van der Waals surface area contributed by atoms with Crippen molar-refractivity contribution in [2.75, 3.05) is 0 Å². The molecular weight excluding hydrogens is 165 g/mol. The fourth-order valence-electron chi connectivity index (χ4n) is 2.54. The van der Waals surface area contributed by atoms with Gasteiger partial charge in [-0.05, 0) is 37.5 Å². The van der Waals surface area contributed by atoms with Crippen LogP contribution in [0.4, 0.5) is 4.39 Å². The topological polar surface area (TPSA) is 12.0 Å². The molecule has 13 heavy (non-hydrogen) atoms. The second kappa shape index (κ2) is 3.23. The Morgan fingerprint density at radius 3 is 2.38 bits per heavy atom. The normalized spacial score (nSPS) is 43.2. The van der Waals surface area contributed by atoms with E-state index in [1.165, 1.54) is 12.8 Å². The highest BCUT2D eigenvalue weighted by molar-refractivity contribution is 4.97. The van der Waals surface area contributed by atoms with E-state index in [1.54, 1.807) is 0 Å². The Morgan fingerprint density at radius 2 is 2.00 bits per heavy atom. The van der Waals surface area contributed by atoms with E-state index < -0.39 is 6.17 Å². The van der Waals surface area contributed by atoms with Crippen molar-refractivity contribution in [3.8, 4) is 0 Å². The van der Waals surface area contributed by atoms with E-state index >= 15 is 0 Å². The Kier molecular flexibility index (Phi) is 2.35. The van der Waals surface area contributed by atoms with Gasteiger partial charge in [0, 0.05) is 12.1 Å². The van der Waals surface area contributed by atoms with Crippen LogP contribution in [0.25, 0.3) is 0 Å². The standard InChI is InChI=1S/C11H20FN/c1-11(2)7-6-10(11)13-9-5-3-4-8(9)12/h8-10,13H,3-7H2,1-2H3/t8-,9+,10?/m1/s1. The minimum atomic E-state index is -0.587. The molecule has 2 aliphatic carbocycles. The first-order chi connectivity index (χ1) is 6.09.